The van der Waals surface area contributed by atoms with Crippen LogP contribution in [0.4, 0.5) is 10.1 Å². The SMILES string of the molecule is CS(=O)(=O)c1cccc(NC(=O)c2ccccc2OCc2ccc(F)cc2)c1. The Hall–Kier alpha value is -3.19. The summed E-state index contributed by atoms with van der Waals surface area (Å²) < 4.78 is 42.1. The van der Waals surface area contributed by atoms with Crippen molar-refractivity contribution in [3.05, 3.63) is 89.7 Å². The lowest BCUT2D eigenvalue weighted by molar-refractivity contribution is 0.102. The van der Waals surface area contributed by atoms with Gasteiger partial charge in [0, 0.05) is 11.9 Å². The highest BCUT2D eigenvalue weighted by molar-refractivity contribution is 7.90. The van der Waals surface area contributed by atoms with E-state index in [2.05, 4.69) is 5.32 Å². The summed E-state index contributed by atoms with van der Waals surface area (Å²) in [7, 11) is -3.38. The predicted molar refractivity (Wildman–Crippen MR) is 105 cm³/mol. The molecule has 0 aliphatic heterocycles. The summed E-state index contributed by atoms with van der Waals surface area (Å²) in [5.41, 5.74) is 1.42. The number of rotatable bonds is 6. The van der Waals surface area contributed by atoms with E-state index in [-0.39, 0.29) is 17.3 Å². The van der Waals surface area contributed by atoms with E-state index in [0.29, 0.717) is 17.0 Å². The Morgan fingerprint density at radius 2 is 1.71 bits per heavy atom. The molecule has 0 saturated carbocycles. The predicted octanol–water partition coefficient (Wildman–Crippen LogP) is 4.06. The number of benzene rings is 3. The summed E-state index contributed by atoms with van der Waals surface area (Å²) in [6.45, 7) is 0.175. The van der Waals surface area contributed by atoms with Gasteiger partial charge in [0.1, 0.15) is 18.2 Å². The van der Waals surface area contributed by atoms with Crippen molar-refractivity contribution in [1.82, 2.24) is 0 Å². The average molecular weight is 399 g/mol. The summed E-state index contributed by atoms with van der Waals surface area (Å²) in [6.07, 6.45) is 1.10. The molecule has 3 aromatic rings. The highest BCUT2D eigenvalue weighted by atomic mass is 32.2. The van der Waals surface area contributed by atoms with E-state index < -0.39 is 15.7 Å². The summed E-state index contributed by atoms with van der Waals surface area (Å²) in [5.74, 6) is -0.399. The molecule has 0 spiro atoms. The Morgan fingerprint density at radius 1 is 1.00 bits per heavy atom. The molecular formula is C21H18FNO4S. The second-order valence-electron chi connectivity index (χ2n) is 6.17. The molecule has 0 aliphatic carbocycles. The minimum atomic E-state index is -3.38. The maximum absolute atomic E-state index is 13.0. The van der Waals surface area contributed by atoms with E-state index in [0.717, 1.165) is 11.8 Å². The second-order valence-corrected chi connectivity index (χ2v) is 8.18. The minimum Gasteiger partial charge on any atom is -0.488 e. The molecule has 0 saturated heterocycles. The molecule has 0 aliphatic rings. The molecule has 0 unspecified atom stereocenters. The Bertz CT molecular complexity index is 1100. The third-order valence-corrected chi connectivity index (χ3v) is 5.07. The maximum Gasteiger partial charge on any atom is 0.259 e. The number of sulfone groups is 1. The quantitative estimate of drug-likeness (QED) is 0.678. The van der Waals surface area contributed by atoms with Gasteiger partial charge in [-0.2, -0.15) is 0 Å². The number of halogens is 1. The molecule has 3 aromatic carbocycles. The van der Waals surface area contributed by atoms with Crippen molar-refractivity contribution in [2.45, 2.75) is 11.5 Å². The third-order valence-electron chi connectivity index (χ3n) is 3.96. The van der Waals surface area contributed by atoms with Gasteiger partial charge in [-0.25, -0.2) is 12.8 Å². The Balaban J connectivity index is 1.76. The number of carbonyl (C=O) groups is 1. The van der Waals surface area contributed by atoms with Crippen molar-refractivity contribution in [2.75, 3.05) is 11.6 Å². The van der Waals surface area contributed by atoms with E-state index in [1.54, 1.807) is 48.5 Å². The molecule has 1 amide bonds. The monoisotopic (exact) mass is 399 g/mol. The topological polar surface area (TPSA) is 72.5 Å². The molecule has 0 bridgehead atoms. The van der Waals surface area contributed by atoms with Crippen molar-refractivity contribution in [1.29, 1.82) is 0 Å². The van der Waals surface area contributed by atoms with Gasteiger partial charge in [0.2, 0.25) is 0 Å². The highest BCUT2D eigenvalue weighted by Gasteiger charge is 2.14. The van der Waals surface area contributed by atoms with Crippen LogP contribution in [0.3, 0.4) is 0 Å². The second kappa shape index (κ2) is 8.22. The third kappa shape index (κ3) is 4.95. The average Bonchev–Trinajstić information content (AvgIpc) is 2.67. The Labute approximate surface area is 162 Å². The van der Waals surface area contributed by atoms with Crippen molar-refractivity contribution in [2.24, 2.45) is 0 Å². The fourth-order valence-electron chi connectivity index (χ4n) is 2.52. The van der Waals surface area contributed by atoms with E-state index in [9.17, 15) is 17.6 Å². The summed E-state index contributed by atoms with van der Waals surface area (Å²) in [5, 5.41) is 2.68. The molecule has 7 heteroatoms. The van der Waals surface area contributed by atoms with Gasteiger partial charge in [0.05, 0.1) is 10.5 Å². The first-order valence-corrected chi connectivity index (χ1v) is 10.3. The number of nitrogens with one attached hydrogen (secondary N) is 1. The number of hydrogen-bond donors (Lipinski definition) is 1. The van der Waals surface area contributed by atoms with Crippen LogP contribution < -0.4 is 10.1 Å². The van der Waals surface area contributed by atoms with Gasteiger partial charge in [0.15, 0.2) is 9.84 Å². The zero-order valence-electron chi connectivity index (χ0n) is 15.1. The number of para-hydroxylation sites is 1. The largest absolute Gasteiger partial charge is 0.488 e. The number of amides is 1. The van der Waals surface area contributed by atoms with Crippen LogP contribution in [0.15, 0.2) is 77.7 Å². The van der Waals surface area contributed by atoms with Crippen molar-refractivity contribution >= 4 is 21.4 Å². The standard InChI is InChI=1S/C21H18FNO4S/c1-28(25,26)18-6-4-5-17(13-18)23-21(24)19-7-2-3-8-20(19)27-14-15-9-11-16(22)12-10-15/h2-13H,14H2,1H3,(H,23,24). The fourth-order valence-corrected chi connectivity index (χ4v) is 3.19. The lowest BCUT2D eigenvalue weighted by Crippen LogP contribution is -2.14. The maximum atomic E-state index is 13.0. The lowest BCUT2D eigenvalue weighted by Gasteiger charge is -2.12. The van der Waals surface area contributed by atoms with Gasteiger partial charge in [-0.05, 0) is 48.0 Å². The molecule has 0 radical (unpaired) electrons. The van der Waals surface area contributed by atoms with Crippen LogP contribution >= 0.6 is 0 Å². The molecule has 28 heavy (non-hydrogen) atoms. The molecule has 0 atom stereocenters. The minimum absolute atomic E-state index is 0.117. The van der Waals surface area contributed by atoms with Gasteiger partial charge >= 0.3 is 0 Å². The highest BCUT2D eigenvalue weighted by Crippen LogP contribution is 2.22. The molecule has 0 fully saturated rings. The van der Waals surface area contributed by atoms with E-state index in [1.807, 2.05) is 0 Å². The van der Waals surface area contributed by atoms with Crippen LogP contribution in [-0.4, -0.2) is 20.6 Å². The van der Waals surface area contributed by atoms with Crippen molar-refractivity contribution in [3.63, 3.8) is 0 Å². The van der Waals surface area contributed by atoms with Crippen LogP contribution in [0.25, 0.3) is 0 Å². The zero-order chi connectivity index (χ0) is 20.1. The first-order chi connectivity index (χ1) is 13.3. The van der Waals surface area contributed by atoms with Crippen LogP contribution in [0.2, 0.25) is 0 Å². The van der Waals surface area contributed by atoms with Gasteiger partial charge in [-0.3, -0.25) is 4.79 Å². The smallest absolute Gasteiger partial charge is 0.259 e. The van der Waals surface area contributed by atoms with Gasteiger partial charge < -0.3 is 10.1 Å². The molecule has 0 aromatic heterocycles. The lowest BCUT2D eigenvalue weighted by atomic mass is 10.1. The number of carbonyl (C=O) groups excluding carboxylic acids is 1. The number of anilines is 1. The summed E-state index contributed by atoms with van der Waals surface area (Å²) in [6, 6.07) is 18.6. The van der Waals surface area contributed by atoms with E-state index >= 15 is 0 Å². The van der Waals surface area contributed by atoms with E-state index in [1.165, 1.54) is 24.3 Å². The van der Waals surface area contributed by atoms with Gasteiger partial charge in [0.25, 0.3) is 5.91 Å². The van der Waals surface area contributed by atoms with Crippen LogP contribution in [0.5, 0.6) is 5.75 Å². The summed E-state index contributed by atoms with van der Waals surface area (Å²) in [4.78, 5) is 12.8. The molecular weight excluding hydrogens is 381 g/mol. The van der Waals surface area contributed by atoms with Crippen LogP contribution in [0.1, 0.15) is 15.9 Å². The van der Waals surface area contributed by atoms with Crippen LogP contribution in [-0.2, 0) is 16.4 Å². The van der Waals surface area contributed by atoms with Gasteiger partial charge in [-0.1, -0.05) is 30.3 Å². The van der Waals surface area contributed by atoms with Gasteiger partial charge in [-0.15, -0.1) is 0 Å². The molecule has 3 rings (SSSR count). The Morgan fingerprint density at radius 3 is 2.43 bits per heavy atom. The number of hydrogen-bond acceptors (Lipinski definition) is 4. The molecule has 5 nitrogen and oxygen atoms in total. The Kier molecular flexibility index (Phi) is 5.75. The van der Waals surface area contributed by atoms with Crippen LogP contribution in [0, 0.1) is 5.82 Å². The normalized spacial score (nSPS) is 11.1. The molecule has 0 heterocycles. The van der Waals surface area contributed by atoms with E-state index in [4.69, 9.17) is 4.74 Å². The molecule has 1 N–H and O–H groups in total. The molecule has 144 valence electrons. The first-order valence-electron chi connectivity index (χ1n) is 8.41. The zero-order valence-corrected chi connectivity index (χ0v) is 15.9. The first kappa shape index (κ1) is 19.6. The van der Waals surface area contributed by atoms with Crippen molar-refractivity contribution < 1.29 is 22.3 Å². The number of ether oxygens (including phenoxy) is 1. The summed E-state index contributed by atoms with van der Waals surface area (Å²) >= 11 is 0. The van der Waals surface area contributed by atoms with Crippen molar-refractivity contribution in [3.8, 4) is 5.75 Å². The fraction of sp³-hybridized carbons (Fsp3) is 0.0952.